The normalized spacial score (nSPS) is 21.6. The number of piperidine rings is 1. The summed E-state index contributed by atoms with van der Waals surface area (Å²) in [4.78, 5) is 22.1. The number of hydrogen-bond acceptors (Lipinski definition) is 5. The number of benzene rings is 1. The molecule has 2 aromatic rings. The van der Waals surface area contributed by atoms with E-state index in [9.17, 15) is 4.79 Å². The molecule has 0 spiro atoms. The summed E-state index contributed by atoms with van der Waals surface area (Å²) < 4.78 is 10.6. The van der Waals surface area contributed by atoms with Crippen molar-refractivity contribution in [3.05, 3.63) is 58.4 Å². The van der Waals surface area contributed by atoms with Crippen molar-refractivity contribution in [2.24, 2.45) is 0 Å². The van der Waals surface area contributed by atoms with Gasteiger partial charge in [-0.2, -0.15) is 0 Å². The lowest BCUT2D eigenvalue weighted by Crippen LogP contribution is -2.57. The smallest absolute Gasteiger partial charge is 0.255 e. The number of carbonyl (C=O) groups excluding carboxylic acids is 1. The summed E-state index contributed by atoms with van der Waals surface area (Å²) in [6.07, 6.45) is 5.17. The Morgan fingerprint density at radius 3 is 2.65 bits per heavy atom. The monoisotopic (exact) mass is 423 g/mol. The van der Waals surface area contributed by atoms with E-state index in [4.69, 9.17) is 9.47 Å². The molecular weight excluding hydrogens is 390 g/mol. The number of methoxy groups -OCH3 is 2. The summed E-state index contributed by atoms with van der Waals surface area (Å²) in [5.74, 6) is 1.03. The van der Waals surface area contributed by atoms with Gasteiger partial charge in [0.25, 0.3) is 5.91 Å². The molecule has 2 fully saturated rings. The van der Waals surface area contributed by atoms with Gasteiger partial charge >= 0.3 is 0 Å². The summed E-state index contributed by atoms with van der Waals surface area (Å²) in [7, 11) is 3.38. The molecule has 0 aliphatic carbocycles. The lowest BCUT2D eigenvalue weighted by molar-refractivity contribution is 0.0101. The molecule has 2 aliphatic rings. The summed E-state index contributed by atoms with van der Waals surface area (Å²) in [6, 6.07) is 8.89. The van der Waals surface area contributed by atoms with Crippen molar-refractivity contribution in [3.8, 4) is 5.75 Å². The number of amides is 1. The fourth-order valence-electron chi connectivity index (χ4n) is 5.13. The predicted octanol–water partition coefficient (Wildman–Crippen LogP) is 3.91. The summed E-state index contributed by atoms with van der Waals surface area (Å²) in [6.45, 7) is 7.24. The Morgan fingerprint density at radius 1 is 1.10 bits per heavy atom. The first-order chi connectivity index (χ1) is 15.0. The van der Waals surface area contributed by atoms with E-state index >= 15 is 0 Å². The SMILES string of the molecule is COCc1ccc(C(=O)N2CCN3C(CCC[C@@H]3c3ccc(OC)c(C)c3C)C2)cn1. The summed E-state index contributed by atoms with van der Waals surface area (Å²) in [5.41, 5.74) is 5.44. The Labute approximate surface area is 185 Å². The van der Waals surface area contributed by atoms with Crippen LogP contribution < -0.4 is 4.74 Å². The maximum atomic E-state index is 13.1. The zero-order valence-electron chi connectivity index (χ0n) is 19.1. The summed E-state index contributed by atoms with van der Waals surface area (Å²) >= 11 is 0. The van der Waals surface area contributed by atoms with E-state index in [2.05, 4.69) is 35.9 Å². The molecule has 2 atom stereocenters. The van der Waals surface area contributed by atoms with E-state index in [0.717, 1.165) is 37.5 Å². The Kier molecular flexibility index (Phi) is 6.58. The third-order valence-corrected chi connectivity index (χ3v) is 6.95. The molecule has 1 aromatic carbocycles. The molecule has 0 saturated carbocycles. The van der Waals surface area contributed by atoms with Gasteiger partial charge in [0.1, 0.15) is 5.75 Å². The van der Waals surface area contributed by atoms with E-state index in [0.29, 0.717) is 24.3 Å². The van der Waals surface area contributed by atoms with E-state index in [1.165, 1.54) is 29.5 Å². The van der Waals surface area contributed by atoms with Gasteiger partial charge < -0.3 is 14.4 Å². The Morgan fingerprint density at radius 2 is 1.94 bits per heavy atom. The van der Waals surface area contributed by atoms with E-state index in [-0.39, 0.29) is 5.91 Å². The van der Waals surface area contributed by atoms with Crippen LogP contribution in [0.15, 0.2) is 30.5 Å². The average Bonchev–Trinajstić information content (AvgIpc) is 2.80. The van der Waals surface area contributed by atoms with Crippen LogP contribution in [0.1, 0.15) is 58.0 Å². The molecule has 0 radical (unpaired) electrons. The van der Waals surface area contributed by atoms with E-state index in [1.807, 2.05) is 17.0 Å². The standard InChI is InChI=1S/C25H33N3O3/c1-17-18(2)24(31-4)11-10-22(17)23-7-5-6-21-15-27(12-13-28(21)23)25(29)19-8-9-20(16-30-3)26-14-19/h8-11,14,21,23H,5-7,12-13,15-16H2,1-4H3/t21?,23-/m1/s1. The third-order valence-electron chi connectivity index (χ3n) is 6.95. The highest BCUT2D eigenvalue weighted by Gasteiger charge is 2.37. The van der Waals surface area contributed by atoms with Crippen LogP contribution in [0.5, 0.6) is 5.75 Å². The fraction of sp³-hybridized carbons (Fsp3) is 0.520. The van der Waals surface area contributed by atoms with Crippen LogP contribution in [-0.4, -0.2) is 60.6 Å². The number of hydrogen-bond donors (Lipinski definition) is 0. The fourth-order valence-corrected chi connectivity index (χ4v) is 5.13. The molecule has 1 unspecified atom stereocenters. The molecule has 3 heterocycles. The number of fused-ring (bicyclic) bond motifs is 1. The molecule has 1 amide bonds. The molecule has 0 N–H and O–H groups in total. The molecule has 6 nitrogen and oxygen atoms in total. The zero-order chi connectivity index (χ0) is 22.0. The van der Waals surface area contributed by atoms with Gasteiger partial charge in [-0.25, -0.2) is 0 Å². The first-order valence-electron chi connectivity index (χ1n) is 11.2. The highest BCUT2D eigenvalue weighted by molar-refractivity contribution is 5.94. The maximum Gasteiger partial charge on any atom is 0.255 e. The van der Waals surface area contributed by atoms with E-state index < -0.39 is 0 Å². The molecule has 6 heteroatoms. The third kappa shape index (κ3) is 4.32. The number of carbonyl (C=O) groups is 1. The molecule has 166 valence electrons. The van der Waals surface area contributed by atoms with Crippen molar-refractivity contribution in [3.63, 3.8) is 0 Å². The van der Waals surface area contributed by atoms with Gasteiger partial charge in [0.2, 0.25) is 0 Å². The molecule has 0 bridgehead atoms. The summed E-state index contributed by atoms with van der Waals surface area (Å²) in [5, 5.41) is 0. The van der Waals surface area contributed by atoms with Crippen molar-refractivity contribution >= 4 is 5.91 Å². The van der Waals surface area contributed by atoms with Crippen LogP contribution >= 0.6 is 0 Å². The predicted molar refractivity (Wildman–Crippen MR) is 120 cm³/mol. The minimum Gasteiger partial charge on any atom is -0.496 e. The lowest BCUT2D eigenvalue weighted by atomic mass is 9.86. The molecule has 31 heavy (non-hydrogen) atoms. The van der Waals surface area contributed by atoms with Crippen molar-refractivity contribution in [2.75, 3.05) is 33.9 Å². The topological polar surface area (TPSA) is 54.9 Å². The van der Waals surface area contributed by atoms with E-state index in [1.54, 1.807) is 20.4 Å². The van der Waals surface area contributed by atoms with Crippen molar-refractivity contribution < 1.29 is 14.3 Å². The van der Waals surface area contributed by atoms with Gasteiger partial charge in [-0.05, 0) is 68.0 Å². The average molecular weight is 424 g/mol. The van der Waals surface area contributed by atoms with Crippen molar-refractivity contribution in [1.82, 2.24) is 14.8 Å². The quantitative estimate of drug-likeness (QED) is 0.730. The molecule has 4 rings (SSSR count). The maximum absolute atomic E-state index is 13.1. The minimum absolute atomic E-state index is 0.0784. The molecule has 1 aromatic heterocycles. The first-order valence-corrected chi connectivity index (χ1v) is 11.2. The molecule has 2 aliphatic heterocycles. The Bertz CT molecular complexity index is 928. The van der Waals surface area contributed by atoms with Gasteiger partial charge in [0.15, 0.2) is 0 Å². The Balaban J connectivity index is 1.48. The largest absolute Gasteiger partial charge is 0.496 e. The number of ether oxygens (including phenoxy) is 2. The first kappa shape index (κ1) is 21.8. The van der Waals surface area contributed by atoms with Crippen molar-refractivity contribution in [2.45, 2.75) is 51.8 Å². The highest BCUT2D eigenvalue weighted by atomic mass is 16.5. The number of rotatable bonds is 5. The van der Waals surface area contributed by atoms with Crippen LogP contribution in [0, 0.1) is 13.8 Å². The molecule has 2 saturated heterocycles. The highest BCUT2D eigenvalue weighted by Crippen LogP contribution is 2.39. The second kappa shape index (κ2) is 9.37. The van der Waals surface area contributed by atoms with Crippen LogP contribution in [0.2, 0.25) is 0 Å². The van der Waals surface area contributed by atoms with Crippen LogP contribution in [0.3, 0.4) is 0 Å². The van der Waals surface area contributed by atoms with Gasteiger partial charge in [0, 0.05) is 45.0 Å². The minimum atomic E-state index is 0.0784. The van der Waals surface area contributed by atoms with Crippen LogP contribution in [-0.2, 0) is 11.3 Å². The van der Waals surface area contributed by atoms with Gasteiger partial charge in [0.05, 0.1) is 25.0 Å². The molecular formula is C25H33N3O3. The number of pyridine rings is 1. The van der Waals surface area contributed by atoms with Crippen molar-refractivity contribution in [1.29, 1.82) is 0 Å². The second-order valence-electron chi connectivity index (χ2n) is 8.67. The Hall–Kier alpha value is -2.44. The number of nitrogens with zero attached hydrogens (tertiary/aromatic N) is 3. The van der Waals surface area contributed by atoms with Gasteiger partial charge in [-0.15, -0.1) is 0 Å². The zero-order valence-corrected chi connectivity index (χ0v) is 19.1. The van der Waals surface area contributed by atoms with Crippen LogP contribution in [0.25, 0.3) is 0 Å². The number of aromatic nitrogens is 1. The number of piperazine rings is 1. The second-order valence-corrected chi connectivity index (χ2v) is 8.67. The van der Waals surface area contributed by atoms with Gasteiger partial charge in [-0.1, -0.05) is 6.07 Å². The van der Waals surface area contributed by atoms with Crippen LogP contribution in [0.4, 0.5) is 0 Å². The lowest BCUT2D eigenvalue weighted by Gasteiger charge is -2.48. The van der Waals surface area contributed by atoms with Gasteiger partial charge in [-0.3, -0.25) is 14.7 Å².